The minimum Gasteiger partial charge on any atom is -0.302 e. The number of benzene rings is 1. The van der Waals surface area contributed by atoms with Crippen LogP contribution in [0.3, 0.4) is 0 Å². The molecule has 0 aliphatic rings. The first-order valence-corrected chi connectivity index (χ1v) is 6.32. The van der Waals surface area contributed by atoms with E-state index in [1.807, 2.05) is 11.9 Å². The number of likely N-dealkylation sites (N-methyl/N-ethyl adjacent to an activating group) is 1. The van der Waals surface area contributed by atoms with E-state index in [-0.39, 0.29) is 0 Å². The molecule has 0 radical (unpaired) electrons. The highest BCUT2D eigenvalue weighted by Crippen LogP contribution is 2.10. The predicted octanol–water partition coefficient (Wildman–Crippen LogP) is 2.56. The van der Waals surface area contributed by atoms with Gasteiger partial charge in [-0.1, -0.05) is 38.1 Å². The van der Waals surface area contributed by atoms with E-state index < -0.39 is 0 Å². The van der Waals surface area contributed by atoms with E-state index in [1.54, 1.807) is 0 Å². The molecule has 0 unspecified atom stereocenters. The van der Waals surface area contributed by atoms with Crippen molar-refractivity contribution in [3.8, 4) is 0 Å². The second-order valence-corrected chi connectivity index (χ2v) is 5.09. The number of hydrogen-bond acceptors (Lipinski definition) is 2. The summed E-state index contributed by atoms with van der Waals surface area (Å²) < 4.78 is 0. The zero-order chi connectivity index (χ0) is 12.7. The monoisotopic (exact) mass is 233 g/mol. The van der Waals surface area contributed by atoms with Crippen molar-refractivity contribution in [2.45, 2.75) is 26.7 Å². The third-order valence-electron chi connectivity index (χ3n) is 2.84. The van der Waals surface area contributed by atoms with Gasteiger partial charge in [0.2, 0.25) is 0 Å². The average Bonchev–Trinajstić information content (AvgIpc) is 2.28. The first-order valence-electron chi connectivity index (χ1n) is 6.32. The number of carbonyl (C=O) groups excluding carboxylic acids is 1. The van der Waals surface area contributed by atoms with Crippen molar-refractivity contribution in [2.75, 3.05) is 20.1 Å². The molecule has 0 bridgehead atoms. The van der Waals surface area contributed by atoms with Crippen LogP contribution >= 0.6 is 0 Å². The molecular formula is C15H23NO. The molecule has 0 aliphatic carbocycles. The van der Waals surface area contributed by atoms with Gasteiger partial charge in [-0.3, -0.25) is 4.90 Å². The Morgan fingerprint density at radius 3 is 2.29 bits per heavy atom. The third kappa shape index (κ3) is 5.64. The molecule has 0 saturated carbocycles. The van der Waals surface area contributed by atoms with Gasteiger partial charge in [-0.25, -0.2) is 0 Å². The van der Waals surface area contributed by atoms with E-state index in [2.05, 4.69) is 38.1 Å². The van der Waals surface area contributed by atoms with Crippen LogP contribution in [0.5, 0.6) is 0 Å². The van der Waals surface area contributed by atoms with Crippen LogP contribution in [-0.2, 0) is 17.6 Å². The molecule has 1 aromatic carbocycles. The van der Waals surface area contributed by atoms with Gasteiger partial charge in [-0.05, 0) is 36.9 Å². The zero-order valence-electron chi connectivity index (χ0n) is 11.1. The molecule has 2 nitrogen and oxygen atoms in total. The van der Waals surface area contributed by atoms with E-state index in [0.717, 1.165) is 25.7 Å². The standard InChI is InChI=1S/C15H23NO/c1-13(2)12-15-6-4-14(5-7-15)8-9-16(3)10-11-17/h4-7,11,13H,8-10,12H2,1-3H3. The normalized spacial score (nSPS) is 11.1. The third-order valence-corrected chi connectivity index (χ3v) is 2.84. The van der Waals surface area contributed by atoms with Gasteiger partial charge in [0.15, 0.2) is 0 Å². The molecule has 0 atom stereocenters. The SMILES string of the molecule is CC(C)Cc1ccc(CCN(C)CC=O)cc1. The molecule has 1 aromatic rings. The molecule has 0 spiro atoms. The second kappa shape index (κ2) is 7.23. The van der Waals surface area contributed by atoms with Crippen LogP contribution in [0.2, 0.25) is 0 Å². The van der Waals surface area contributed by atoms with E-state index in [1.165, 1.54) is 11.1 Å². The summed E-state index contributed by atoms with van der Waals surface area (Å²) in [5.74, 6) is 0.708. The van der Waals surface area contributed by atoms with Gasteiger partial charge in [-0.15, -0.1) is 0 Å². The van der Waals surface area contributed by atoms with E-state index in [4.69, 9.17) is 0 Å². The van der Waals surface area contributed by atoms with Crippen molar-refractivity contribution < 1.29 is 4.79 Å². The fourth-order valence-corrected chi connectivity index (χ4v) is 1.85. The lowest BCUT2D eigenvalue weighted by atomic mass is 10.0. The summed E-state index contributed by atoms with van der Waals surface area (Å²) in [5.41, 5.74) is 2.75. The smallest absolute Gasteiger partial charge is 0.133 e. The molecular weight excluding hydrogens is 210 g/mol. The molecule has 0 amide bonds. The Kier molecular flexibility index (Phi) is 5.92. The number of rotatable bonds is 7. The molecule has 17 heavy (non-hydrogen) atoms. The maximum atomic E-state index is 10.3. The van der Waals surface area contributed by atoms with Crippen LogP contribution in [0.1, 0.15) is 25.0 Å². The van der Waals surface area contributed by atoms with Crippen LogP contribution in [-0.4, -0.2) is 31.3 Å². The predicted molar refractivity (Wildman–Crippen MR) is 72.2 cm³/mol. The van der Waals surface area contributed by atoms with E-state index >= 15 is 0 Å². The average molecular weight is 233 g/mol. The molecule has 0 saturated heterocycles. The lowest BCUT2D eigenvalue weighted by Crippen LogP contribution is -2.23. The summed E-state index contributed by atoms with van der Waals surface area (Å²) in [6, 6.07) is 8.84. The Bertz CT molecular complexity index is 329. The summed E-state index contributed by atoms with van der Waals surface area (Å²) in [6.45, 7) is 5.93. The Balaban J connectivity index is 2.42. The molecule has 0 heterocycles. The Labute approximate surface area is 105 Å². The summed E-state index contributed by atoms with van der Waals surface area (Å²) >= 11 is 0. The van der Waals surface area contributed by atoms with Crippen LogP contribution < -0.4 is 0 Å². The highest BCUT2D eigenvalue weighted by Gasteiger charge is 2.00. The Hall–Kier alpha value is -1.15. The zero-order valence-corrected chi connectivity index (χ0v) is 11.1. The van der Waals surface area contributed by atoms with Gasteiger partial charge in [0, 0.05) is 6.54 Å². The largest absolute Gasteiger partial charge is 0.302 e. The van der Waals surface area contributed by atoms with Crippen molar-refractivity contribution in [1.29, 1.82) is 0 Å². The molecule has 0 N–H and O–H groups in total. The van der Waals surface area contributed by atoms with Crippen molar-refractivity contribution in [2.24, 2.45) is 5.92 Å². The number of nitrogens with zero attached hydrogens (tertiary/aromatic N) is 1. The summed E-state index contributed by atoms with van der Waals surface area (Å²) in [5, 5.41) is 0. The first-order chi connectivity index (χ1) is 8.11. The quantitative estimate of drug-likeness (QED) is 0.675. The van der Waals surface area contributed by atoms with Crippen LogP contribution in [0, 0.1) is 5.92 Å². The van der Waals surface area contributed by atoms with Crippen LogP contribution in [0.15, 0.2) is 24.3 Å². The van der Waals surface area contributed by atoms with E-state index in [0.29, 0.717) is 12.5 Å². The van der Waals surface area contributed by atoms with Crippen LogP contribution in [0.4, 0.5) is 0 Å². The van der Waals surface area contributed by atoms with Gasteiger partial charge in [-0.2, -0.15) is 0 Å². The molecule has 94 valence electrons. The second-order valence-electron chi connectivity index (χ2n) is 5.09. The van der Waals surface area contributed by atoms with E-state index in [9.17, 15) is 4.79 Å². The maximum absolute atomic E-state index is 10.3. The maximum Gasteiger partial charge on any atom is 0.133 e. The van der Waals surface area contributed by atoms with Gasteiger partial charge >= 0.3 is 0 Å². The van der Waals surface area contributed by atoms with Crippen LogP contribution in [0.25, 0.3) is 0 Å². The topological polar surface area (TPSA) is 20.3 Å². The number of carbonyl (C=O) groups is 1. The van der Waals surface area contributed by atoms with Crippen molar-refractivity contribution >= 4 is 6.29 Å². The minimum atomic E-state index is 0.519. The Morgan fingerprint density at radius 1 is 1.18 bits per heavy atom. The van der Waals surface area contributed by atoms with Gasteiger partial charge in [0.25, 0.3) is 0 Å². The fourth-order valence-electron chi connectivity index (χ4n) is 1.85. The highest BCUT2D eigenvalue weighted by molar-refractivity contribution is 5.51. The molecule has 0 fully saturated rings. The number of hydrogen-bond donors (Lipinski definition) is 0. The van der Waals surface area contributed by atoms with Crippen molar-refractivity contribution in [1.82, 2.24) is 4.90 Å². The molecule has 0 aromatic heterocycles. The van der Waals surface area contributed by atoms with Crippen molar-refractivity contribution in [3.63, 3.8) is 0 Å². The number of aldehydes is 1. The summed E-state index contributed by atoms with van der Waals surface area (Å²) in [7, 11) is 1.97. The van der Waals surface area contributed by atoms with Gasteiger partial charge < -0.3 is 4.79 Å². The highest BCUT2D eigenvalue weighted by atomic mass is 16.1. The Morgan fingerprint density at radius 2 is 1.76 bits per heavy atom. The van der Waals surface area contributed by atoms with Gasteiger partial charge in [0.05, 0.1) is 6.54 Å². The first kappa shape index (κ1) is 13.9. The lowest BCUT2D eigenvalue weighted by Gasteiger charge is -2.13. The minimum absolute atomic E-state index is 0.519. The van der Waals surface area contributed by atoms with Gasteiger partial charge in [0.1, 0.15) is 6.29 Å². The molecule has 1 rings (SSSR count). The molecule has 0 aliphatic heterocycles. The lowest BCUT2D eigenvalue weighted by molar-refractivity contribution is -0.108. The van der Waals surface area contributed by atoms with Crippen molar-refractivity contribution in [3.05, 3.63) is 35.4 Å². The molecule has 2 heteroatoms. The fraction of sp³-hybridized carbons (Fsp3) is 0.533. The summed E-state index contributed by atoms with van der Waals surface area (Å²) in [6.07, 6.45) is 3.10. The summed E-state index contributed by atoms with van der Waals surface area (Å²) in [4.78, 5) is 12.4.